The highest BCUT2D eigenvalue weighted by molar-refractivity contribution is 6.30. The number of benzene rings is 1. The molecular weight excluding hydrogens is 435 g/mol. The molecule has 8 heteroatoms. The number of carbonyl (C=O) groups excluding carboxylic acids is 1. The Labute approximate surface area is 191 Å². The molecule has 1 aliphatic heterocycles. The van der Waals surface area contributed by atoms with E-state index in [1.807, 2.05) is 36.1 Å². The van der Waals surface area contributed by atoms with Crippen LogP contribution >= 0.6 is 23.2 Å². The Hall–Kier alpha value is -2.70. The van der Waals surface area contributed by atoms with E-state index in [9.17, 15) is 4.79 Å². The lowest BCUT2D eigenvalue weighted by Gasteiger charge is -2.25. The van der Waals surface area contributed by atoms with E-state index in [4.69, 9.17) is 27.9 Å². The number of carbonyl (C=O) groups is 1. The first kappa shape index (κ1) is 21.5. The maximum absolute atomic E-state index is 13.1. The molecular formula is C23H22Cl2N4O2. The molecule has 3 aromatic rings. The van der Waals surface area contributed by atoms with Crippen molar-refractivity contribution in [3.8, 4) is 5.88 Å². The van der Waals surface area contributed by atoms with Crippen molar-refractivity contribution >= 4 is 29.1 Å². The van der Waals surface area contributed by atoms with Gasteiger partial charge in [-0.1, -0.05) is 35.3 Å². The zero-order valence-corrected chi connectivity index (χ0v) is 18.7. The number of hydrogen-bond acceptors (Lipinski definition) is 5. The standard InChI is InChI=1S/C23H22Cl2N4O2/c1-14(31-22-8-7-19(25)11-28-22)20-12-29(23(30)17-9-26-15(2)27-10-17)13-21(20)16-3-5-18(24)6-4-16/h3-11,14,20-21H,12-13H2,1-2H3/t14-,20?,21+/m0/s1. The van der Waals surface area contributed by atoms with Crippen LogP contribution in [0.3, 0.4) is 0 Å². The second-order valence-corrected chi connectivity index (χ2v) is 8.56. The van der Waals surface area contributed by atoms with Gasteiger partial charge in [0.15, 0.2) is 0 Å². The quantitative estimate of drug-likeness (QED) is 0.550. The summed E-state index contributed by atoms with van der Waals surface area (Å²) >= 11 is 12.0. The van der Waals surface area contributed by atoms with Crippen molar-refractivity contribution in [1.82, 2.24) is 19.9 Å². The molecule has 1 saturated heterocycles. The van der Waals surface area contributed by atoms with Crippen LogP contribution in [0.2, 0.25) is 10.0 Å². The third-order valence-corrected chi connectivity index (χ3v) is 6.06. The summed E-state index contributed by atoms with van der Waals surface area (Å²) in [5.74, 6) is 1.21. The number of amides is 1. The minimum Gasteiger partial charge on any atom is -0.474 e. The maximum atomic E-state index is 13.1. The number of pyridine rings is 1. The zero-order chi connectivity index (χ0) is 22.0. The van der Waals surface area contributed by atoms with E-state index in [0.717, 1.165) is 5.56 Å². The first-order valence-corrected chi connectivity index (χ1v) is 10.8. The van der Waals surface area contributed by atoms with Gasteiger partial charge in [0, 0.05) is 54.6 Å². The van der Waals surface area contributed by atoms with Gasteiger partial charge in [-0.15, -0.1) is 0 Å². The van der Waals surface area contributed by atoms with Crippen molar-refractivity contribution in [2.45, 2.75) is 25.9 Å². The average Bonchev–Trinajstić information content (AvgIpc) is 3.21. The Balaban J connectivity index is 1.58. The largest absolute Gasteiger partial charge is 0.474 e. The van der Waals surface area contributed by atoms with Gasteiger partial charge in [0.1, 0.15) is 11.9 Å². The fourth-order valence-electron chi connectivity index (χ4n) is 3.93. The summed E-state index contributed by atoms with van der Waals surface area (Å²) in [6.07, 6.45) is 4.53. The van der Waals surface area contributed by atoms with Gasteiger partial charge < -0.3 is 9.64 Å². The SMILES string of the molecule is Cc1ncc(C(=O)N2CC([C@H](C)Oc3ccc(Cl)cn3)[C@@H](c3ccc(Cl)cc3)C2)cn1. The molecule has 1 aliphatic rings. The van der Waals surface area contributed by atoms with Crippen LogP contribution in [0.25, 0.3) is 0 Å². The minimum atomic E-state index is -0.179. The van der Waals surface area contributed by atoms with Crippen LogP contribution in [-0.2, 0) is 0 Å². The fourth-order valence-corrected chi connectivity index (χ4v) is 4.17. The zero-order valence-electron chi connectivity index (χ0n) is 17.2. The number of hydrogen-bond donors (Lipinski definition) is 0. The summed E-state index contributed by atoms with van der Waals surface area (Å²) in [6, 6.07) is 11.3. The number of aromatic nitrogens is 3. The van der Waals surface area contributed by atoms with Gasteiger partial charge in [-0.25, -0.2) is 15.0 Å². The topological polar surface area (TPSA) is 68.2 Å². The fraction of sp³-hybridized carbons (Fsp3) is 0.304. The minimum absolute atomic E-state index is 0.0639. The lowest BCUT2D eigenvalue weighted by molar-refractivity contribution is 0.0769. The molecule has 3 atom stereocenters. The Morgan fingerprint density at radius 2 is 1.68 bits per heavy atom. The van der Waals surface area contributed by atoms with Gasteiger partial charge in [-0.3, -0.25) is 4.79 Å². The molecule has 3 heterocycles. The molecule has 0 N–H and O–H groups in total. The van der Waals surface area contributed by atoms with E-state index >= 15 is 0 Å². The lowest BCUT2D eigenvalue weighted by Crippen LogP contribution is -2.32. The highest BCUT2D eigenvalue weighted by Gasteiger charge is 2.40. The molecule has 0 radical (unpaired) electrons. The van der Waals surface area contributed by atoms with Crippen molar-refractivity contribution in [3.05, 3.63) is 82.0 Å². The monoisotopic (exact) mass is 456 g/mol. The summed E-state index contributed by atoms with van der Waals surface area (Å²) in [6.45, 7) is 4.92. The molecule has 1 aromatic carbocycles. The smallest absolute Gasteiger partial charge is 0.257 e. The summed E-state index contributed by atoms with van der Waals surface area (Å²) in [5, 5.41) is 1.23. The number of likely N-dealkylation sites (tertiary alicyclic amines) is 1. The number of rotatable bonds is 5. The molecule has 1 unspecified atom stereocenters. The number of nitrogens with zero attached hydrogens (tertiary/aromatic N) is 4. The van der Waals surface area contributed by atoms with Crippen LogP contribution in [0, 0.1) is 12.8 Å². The lowest BCUT2D eigenvalue weighted by atomic mass is 9.86. The number of aryl methyl sites for hydroxylation is 1. The first-order valence-electron chi connectivity index (χ1n) is 10.0. The molecule has 0 aliphatic carbocycles. The Bertz CT molecular complexity index is 1040. The molecule has 160 valence electrons. The van der Waals surface area contributed by atoms with E-state index in [-0.39, 0.29) is 23.8 Å². The van der Waals surface area contributed by atoms with Crippen molar-refractivity contribution in [2.75, 3.05) is 13.1 Å². The normalized spacial score (nSPS) is 19.3. The molecule has 2 aromatic heterocycles. The second-order valence-electron chi connectivity index (χ2n) is 7.69. The summed E-state index contributed by atoms with van der Waals surface area (Å²) in [4.78, 5) is 27.5. The molecule has 4 rings (SSSR count). The van der Waals surface area contributed by atoms with Crippen molar-refractivity contribution < 1.29 is 9.53 Å². The van der Waals surface area contributed by atoms with Crippen LogP contribution < -0.4 is 4.74 Å². The van der Waals surface area contributed by atoms with E-state index in [1.54, 1.807) is 37.6 Å². The predicted molar refractivity (Wildman–Crippen MR) is 120 cm³/mol. The van der Waals surface area contributed by atoms with Gasteiger partial charge in [0.25, 0.3) is 5.91 Å². The molecule has 6 nitrogen and oxygen atoms in total. The Morgan fingerprint density at radius 3 is 2.32 bits per heavy atom. The van der Waals surface area contributed by atoms with Gasteiger partial charge in [-0.05, 0) is 37.6 Å². The molecule has 1 amide bonds. The van der Waals surface area contributed by atoms with Gasteiger partial charge in [0.05, 0.1) is 10.6 Å². The van der Waals surface area contributed by atoms with Crippen LogP contribution in [-0.4, -0.2) is 45.0 Å². The molecule has 31 heavy (non-hydrogen) atoms. The van der Waals surface area contributed by atoms with Crippen molar-refractivity contribution in [2.24, 2.45) is 5.92 Å². The maximum Gasteiger partial charge on any atom is 0.257 e. The van der Waals surface area contributed by atoms with Gasteiger partial charge in [0.2, 0.25) is 5.88 Å². The van der Waals surface area contributed by atoms with E-state index in [0.29, 0.717) is 40.4 Å². The summed E-state index contributed by atoms with van der Waals surface area (Å²) < 4.78 is 6.12. The first-order chi connectivity index (χ1) is 14.9. The third-order valence-electron chi connectivity index (χ3n) is 5.59. The Morgan fingerprint density at radius 1 is 1.00 bits per heavy atom. The van der Waals surface area contributed by atoms with E-state index < -0.39 is 0 Å². The summed E-state index contributed by atoms with van der Waals surface area (Å²) in [7, 11) is 0. The van der Waals surface area contributed by atoms with Crippen molar-refractivity contribution in [3.63, 3.8) is 0 Å². The third kappa shape index (κ3) is 4.97. The second kappa shape index (κ2) is 9.20. The Kier molecular flexibility index (Phi) is 6.39. The van der Waals surface area contributed by atoms with Gasteiger partial charge in [-0.2, -0.15) is 0 Å². The number of ether oxygens (including phenoxy) is 1. The molecule has 1 fully saturated rings. The molecule has 0 bridgehead atoms. The molecule has 0 spiro atoms. The van der Waals surface area contributed by atoms with Crippen LogP contribution in [0.15, 0.2) is 55.0 Å². The number of halogens is 2. The average molecular weight is 457 g/mol. The van der Waals surface area contributed by atoms with Crippen LogP contribution in [0.5, 0.6) is 5.88 Å². The van der Waals surface area contributed by atoms with Crippen LogP contribution in [0.4, 0.5) is 0 Å². The highest BCUT2D eigenvalue weighted by Crippen LogP contribution is 2.37. The van der Waals surface area contributed by atoms with E-state index in [2.05, 4.69) is 15.0 Å². The summed E-state index contributed by atoms with van der Waals surface area (Å²) in [5.41, 5.74) is 1.60. The highest BCUT2D eigenvalue weighted by atomic mass is 35.5. The van der Waals surface area contributed by atoms with Gasteiger partial charge >= 0.3 is 0 Å². The predicted octanol–water partition coefficient (Wildman–Crippen LogP) is 4.81. The van der Waals surface area contributed by atoms with E-state index in [1.165, 1.54) is 0 Å². The van der Waals surface area contributed by atoms with Crippen LogP contribution in [0.1, 0.15) is 34.6 Å². The molecule has 0 saturated carbocycles. The van der Waals surface area contributed by atoms with Crippen molar-refractivity contribution in [1.29, 1.82) is 0 Å².